The van der Waals surface area contributed by atoms with E-state index < -0.39 is 5.97 Å². The third-order valence-electron chi connectivity index (χ3n) is 6.06. The van der Waals surface area contributed by atoms with Gasteiger partial charge in [0.15, 0.2) is 0 Å². The zero-order chi connectivity index (χ0) is 22.0. The number of carbonyl (C=O) groups is 1. The van der Waals surface area contributed by atoms with Crippen molar-refractivity contribution < 1.29 is 14.6 Å². The van der Waals surface area contributed by atoms with Gasteiger partial charge in [0.1, 0.15) is 11.4 Å². The molecular weight excluding hydrogens is 384 g/mol. The molecule has 0 aromatic heterocycles. The highest BCUT2D eigenvalue weighted by molar-refractivity contribution is 5.88. The standard InChI is InChI=1S/C28H30O3/c1-19(2)17-20-7-9-21(10-8-20)18-28(3)16-15-23-5-4-6-25(26(23)31-28)22-11-13-24(14-12-22)27(29)30/h4-14,19H,15-18H2,1-3H3,(H,29,30)/t28-/m1/s1. The molecule has 0 bridgehead atoms. The highest BCUT2D eigenvalue weighted by Gasteiger charge is 2.33. The van der Waals surface area contributed by atoms with Gasteiger partial charge in [-0.15, -0.1) is 0 Å². The first-order valence-corrected chi connectivity index (χ1v) is 11.1. The van der Waals surface area contributed by atoms with Gasteiger partial charge in [0.05, 0.1) is 5.56 Å². The number of benzene rings is 3. The van der Waals surface area contributed by atoms with Crippen molar-refractivity contribution in [1.29, 1.82) is 0 Å². The average Bonchev–Trinajstić information content (AvgIpc) is 2.74. The molecule has 3 aromatic rings. The van der Waals surface area contributed by atoms with Gasteiger partial charge < -0.3 is 9.84 Å². The van der Waals surface area contributed by atoms with Crippen LogP contribution in [0.2, 0.25) is 0 Å². The first-order chi connectivity index (χ1) is 14.8. The van der Waals surface area contributed by atoms with E-state index in [1.165, 1.54) is 16.7 Å². The number of aryl methyl sites for hydroxylation is 1. The van der Waals surface area contributed by atoms with Crippen molar-refractivity contribution in [2.75, 3.05) is 0 Å². The summed E-state index contributed by atoms with van der Waals surface area (Å²) in [5, 5.41) is 9.18. The summed E-state index contributed by atoms with van der Waals surface area (Å²) in [6, 6.07) is 22.2. The van der Waals surface area contributed by atoms with Crippen LogP contribution in [-0.2, 0) is 19.3 Å². The number of aromatic carboxylic acids is 1. The fraction of sp³-hybridized carbons (Fsp3) is 0.321. The lowest BCUT2D eigenvalue weighted by Gasteiger charge is -2.37. The van der Waals surface area contributed by atoms with Gasteiger partial charge in [0.25, 0.3) is 0 Å². The number of hydrogen-bond donors (Lipinski definition) is 1. The second kappa shape index (κ2) is 8.58. The third kappa shape index (κ3) is 4.82. The SMILES string of the molecule is CC(C)Cc1ccc(C[C@@]2(C)CCc3cccc(-c4ccc(C(=O)O)cc4)c3O2)cc1. The Balaban J connectivity index is 1.58. The minimum absolute atomic E-state index is 0.274. The first-order valence-electron chi connectivity index (χ1n) is 11.1. The molecule has 1 aliphatic rings. The molecule has 3 aromatic carbocycles. The highest BCUT2D eigenvalue weighted by atomic mass is 16.5. The van der Waals surface area contributed by atoms with Crippen molar-refractivity contribution in [3.63, 3.8) is 0 Å². The van der Waals surface area contributed by atoms with Crippen molar-refractivity contribution in [2.45, 2.75) is 52.1 Å². The van der Waals surface area contributed by atoms with E-state index in [0.29, 0.717) is 11.5 Å². The number of rotatable bonds is 6. The Kier molecular flexibility index (Phi) is 5.86. The minimum Gasteiger partial charge on any atom is -0.486 e. The Morgan fingerprint density at radius 2 is 1.68 bits per heavy atom. The summed E-state index contributed by atoms with van der Waals surface area (Å²) in [6.07, 6.45) is 3.90. The van der Waals surface area contributed by atoms with Crippen LogP contribution in [-0.4, -0.2) is 16.7 Å². The molecule has 4 rings (SSSR count). The predicted molar refractivity (Wildman–Crippen MR) is 125 cm³/mol. The Morgan fingerprint density at radius 3 is 2.32 bits per heavy atom. The van der Waals surface area contributed by atoms with Gasteiger partial charge >= 0.3 is 5.97 Å². The van der Waals surface area contributed by atoms with Gasteiger partial charge in [0.2, 0.25) is 0 Å². The summed E-state index contributed by atoms with van der Waals surface area (Å²) in [7, 11) is 0. The molecular formula is C28H30O3. The molecule has 0 saturated heterocycles. The number of fused-ring (bicyclic) bond motifs is 1. The van der Waals surface area contributed by atoms with E-state index in [1.807, 2.05) is 12.1 Å². The van der Waals surface area contributed by atoms with Crippen LogP contribution >= 0.6 is 0 Å². The van der Waals surface area contributed by atoms with E-state index in [1.54, 1.807) is 12.1 Å². The van der Waals surface area contributed by atoms with Gasteiger partial charge in [-0.25, -0.2) is 4.79 Å². The second-order valence-corrected chi connectivity index (χ2v) is 9.32. The topological polar surface area (TPSA) is 46.5 Å². The molecule has 1 heterocycles. The lowest BCUT2D eigenvalue weighted by Crippen LogP contribution is -2.38. The Bertz CT molecular complexity index is 1060. The lowest BCUT2D eigenvalue weighted by atomic mass is 9.85. The summed E-state index contributed by atoms with van der Waals surface area (Å²) in [5.41, 5.74) is 5.90. The minimum atomic E-state index is -0.912. The van der Waals surface area contributed by atoms with Gasteiger partial charge in [-0.05, 0) is 66.5 Å². The van der Waals surface area contributed by atoms with Crippen molar-refractivity contribution >= 4 is 5.97 Å². The van der Waals surface area contributed by atoms with Crippen LogP contribution in [0.5, 0.6) is 5.75 Å². The third-order valence-corrected chi connectivity index (χ3v) is 6.06. The van der Waals surface area contributed by atoms with Crippen molar-refractivity contribution in [2.24, 2.45) is 5.92 Å². The lowest BCUT2D eigenvalue weighted by molar-refractivity contribution is 0.0661. The highest BCUT2D eigenvalue weighted by Crippen LogP contribution is 2.42. The van der Waals surface area contributed by atoms with Gasteiger partial charge in [-0.3, -0.25) is 0 Å². The molecule has 160 valence electrons. The Hall–Kier alpha value is -3.07. The zero-order valence-corrected chi connectivity index (χ0v) is 18.5. The molecule has 1 aliphatic heterocycles. The fourth-order valence-corrected chi connectivity index (χ4v) is 4.44. The number of carboxylic acid groups (broad SMARTS) is 1. The maximum absolute atomic E-state index is 11.2. The molecule has 3 heteroatoms. The zero-order valence-electron chi connectivity index (χ0n) is 18.5. The van der Waals surface area contributed by atoms with E-state index in [0.717, 1.165) is 42.6 Å². The molecule has 0 fully saturated rings. The number of ether oxygens (including phenoxy) is 1. The molecule has 3 nitrogen and oxygen atoms in total. The molecule has 0 saturated carbocycles. The normalized spacial score (nSPS) is 17.8. The van der Waals surface area contributed by atoms with Crippen LogP contribution in [0.15, 0.2) is 66.7 Å². The van der Waals surface area contributed by atoms with E-state index in [-0.39, 0.29) is 5.60 Å². The monoisotopic (exact) mass is 414 g/mol. The van der Waals surface area contributed by atoms with Crippen LogP contribution in [0.3, 0.4) is 0 Å². The van der Waals surface area contributed by atoms with Crippen molar-refractivity contribution in [3.8, 4) is 16.9 Å². The quantitative estimate of drug-likeness (QED) is 0.496. The number of carboxylic acids is 1. The van der Waals surface area contributed by atoms with Crippen molar-refractivity contribution in [3.05, 3.63) is 89.0 Å². The number of hydrogen-bond acceptors (Lipinski definition) is 2. The van der Waals surface area contributed by atoms with E-state index in [2.05, 4.69) is 63.2 Å². The average molecular weight is 415 g/mol. The molecule has 31 heavy (non-hydrogen) atoms. The summed E-state index contributed by atoms with van der Waals surface area (Å²) in [6.45, 7) is 6.69. The van der Waals surface area contributed by atoms with E-state index in [4.69, 9.17) is 4.74 Å². The van der Waals surface area contributed by atoms with Crippen LogP contribution < -0.4 is 4.74 Å². The molecule has 1 N–H and O–H groups in total. The van der Waals surface area contributed by atoms with Crippen molar-refractivity contribution in [1.82, 2.24) is 0 Å². The Labute approximate surface area is 184 Å². The van der Waals surface area contributed by atoms with Crippen LogP contribution in [0.4, 0.5) is 0 Å². The number of para-hydroxylation sites is 1. The molecule has 0 aliphatic carbocycles. The first kappa shape index (κ1) is 21.2. The molecule has 0 unspecified atom stereocenters. The van der Waals surface area contributed by atoms with Crippen LogP contribution in [0.25, 0.3) is 11.1 Å². The predicted octanol–water partition coefficient (Wildman–Crippen LogP) is 6.58. The summed E-state index contributed by atoms with van der Waals surface area (Å²) >= 11 is 0. The molecule has 0 radical (unpaired) electrons. The summed E-state index contributed by atoms with van der Waals surface area (Å²) < 4.78 is 6.67. The smallest absolute Gasteiger partial charge is 0.335 e. The molecule has 0 amide bonds. The summed E-state index contributed by atoms with van der Waals surface area (Å²) in [5.74, 6) is 0.671. The molecule has 0 spiro atoms. The van der Waals surface area contributed by atoms with Gasteiger partial charge in [0, 0.05) is 12.0 Å². The van der Waals surface area contributed by atoms with Gasteiger partial charge in [-0.1, -0.05) is 68.4 Å². The Morgan fingerprint density at radius 1 is 1.00 bits per heavy atom. The molecule has 1 atom stereocenters. The van der Waals surface area contributed by atoms with Crippen LogP contribution in [0.1, 0.15) is 54.2 Å². The summed E-state index contributed by atoms with van der Waals surface area (Å²) in [4.78, 5) is 11.2. The van der Waals surface area contributed by atoms with E-state index >= 15 is 0 Å². The van der Waals surface area contributed by atoms with E-state index in [9.17, 15) is 9.90 Å². The maximum atomic E-state index is 11.2. The maximum Gasteiger partial charge on any atom is 0.335 e. The largest absolute Gasteiger partial charge is 0.486 e. The van der Waals surface area contributed by atoms with Gasteiger partial charge in [-0.2, -0.15) is 0 Å². The second-order valence-electron chi connectivity index (χ2n) is 9.32. The van der Waals surface area contributed by atoms with Crippen LogP contribution in [0, 0.1) is 5.92 Å². The fourth-order valence-electron chi connectivity index (χ4n) is 4.44.